The van der Waals surface area contributed by atoms with Gasteiger partial charge >= 0.3 is 0 Å². The van der Waals surface area contributed by atoms with Crippen molar-refractivity contribution in [3.8, 4) is 0 Å². The number of hydrogen-bond acceptors (Lipinski definition) is 4. The predicted molar refractivity (Wildman–Crippen MR) is 115 cm³/mol. The van der Waals surface area contributed by atoms with E-state index >= 15 is 0 Å². The Morgan fingerprint density at radius 3 is 2.39 bits per heavy atom. The summed E-state index contributed by atoms with van der Waals surface area (Å²) in [6.07, 6.45) is 0. The van der Waals surface area contributed by atoms with E-state index in [0.29, 0.717) is 19.0 Å². The zero-order valence-corrected chi connectivity index (χ0v) is 17.1. The van der Waals surface area contributed by atoms with Crippen LogP contribution in [-0.2, 0) is 23.1 Å². The topological polar surface area (TPSA) is 96.6 Å². The summed E-state index contributed by atoms with van der Waals surface area (Å²) in [4.78, 5) is 5.49. The summed E-state index contributed by atoms with van der Waals surface area (Å²) < 4.78 is 23.0. The van der Waals surface area contributed by atoms with Crippen molar-refractivity contribution in [3.05, 3.63) is 82.7 Å². The van der Waals surface area contributed by atoms with Gasteiger partial charge in [-0.25, -0.2) is 18.5 Å². The Balaban J connectivity index is 1.72. The molecular weight excluding hydrogens is 392 g/mol. The van der Waals surface area contributed by atoms with Crippen molar-refractivity contribution in [3.63, 3.8) is 0 Å². The highest BCUT2D eigenvalue weighted by Gasteiger charge is 2.11. The zero-order valence-electron chi connectivity index (χ0n) is 15.4. The SMILES string of the molecule is Cc1ccc(CN=C(NCc2ccc(S(N)(=O)=O)s2)Nc2ccccc2)cc1. The van der Waals surface area contributed by atoms with Crippen LogP contribution in [0.4, 0.5) is 5.69 Å². The third-order valence-corrected chi connectivity index (χ3v) is 6.45. The number of nitrogens with one attached hydrogen (secondary N) is 2. The third-order valence-electron chi connectivity index (χ3n) is 3.92. The number of aryl methyl sites for hydroxylation is 1. The molecular formula is C20H22N4O2S2. The van der Waals surface area contributed by atoms with Gasteiger partial charge in [0, 0.05) is 10.6 Å². The highest BCUT2D eigenvalue weighted by atomic mass is 32.2. The Bertz CT molecular complexity index is 1040. The van der Waals surface area contributed by atoms with Gasteiger partial charge in [0.1, 0.15) is 4.21 Å². The Labute approximate surface area is 169 Å². The van der Waals surface area contributed by atoms with Crippen LogP contribution in [0.5, 0.6) is 0 Å². The number of benzene rings is 2. The second-order valence-electron chi connectivity index (χ2n) is 6.26. The van der Waals surface area contributed by atoms with Gasteiger partial charge in [-0.1, -0.05) is 48.0 Å². The number of nitrogens with zero attached hydrogens (tertiary/aromatic N) is 1. The largest absolute Gasteiger partial charge is 0.351 e. The molecule has 4 N–H and O–H groups in total. The maximum atomic E-state index is 11.4. The first kappa shape index (κ1) is 20.1. The quantitative estimate of drug-likeness (QED) is 0.425. The number of guanidine groups is 1. The third kappa shape index (κ3) is 5.91. The first-order valence-electron chi connectivity index (χ1n) is 8.67. The maximum Gasteiger partial charge on any atom is 0.247 e. The minimum atomic E-state index is -3.67. The minimum absolute atomic E-state index is 0.151. The lowest BCUT2D eigenvalue weighted by molar-refractivity contribution is 0.600. The van der Waals surface area contributed by atoms with Crippen molar-refractivity contribution in [1.82, 2.24) is 5.32 Å². The Morgan fingerprint density at radius 2 is 1.75 bits per heavy atom. The highest BCUT2D eigenvalue weighted by Crippen LogP contribution is 2.20. The standard InChI is InChI=1S/C20H22N4O2S2/c1-15-7-9-16(10-8-15)13-22-20(24-17-5-3-2-4-6-17)23-14-18-11-12-19(27-18)28(21,25)26/h2-12H,13-14H2,1H3,(H2,21,25,26)(H2,22,23,24). The van der Waals surface area contributed by atoms with Crippen LogP contribution in [0.25, 0.3) is 0 Å². The van der Waals surface area contributed by atoms with Gasteiger partial charge in [0.05, 0.1) is 13.1 Å². The van der Waals surface area contributed by atoms with Gasteiger partial charge in [-0.2, -0.15) is 0 Å². The molecule has 0 amide bonds. The van der Waals surface area contributed by atoms with Crippen molar-refractivity contribution in [2.24, 2.45) is 10.1 Å². The molecule has 8 heteroatoms. The predicted octanol–water partition coefficient (Wildman–Crippen LogP) is 3.46. The van der Waals surface area contributed by atoms with E-state index in [2.05, 4.69) is 39.9 Å². The van der Waals surface area contributed by atoms with Crippen LogP contribution in [0, 0.1) is 6.92 Å². The van der Waals surface area contributed by atoms with E-state index in [0.717, 1.165) is 27.5 Å². The van der Waals surface area contributed by atoms with E-state index < -0.39 is 10.0 Å². The second-order valence-corrected chi connectivity index (χ2v) is 9.22. The van der Waals surface area contributed by atoms with Gasteiger partial charge in [0.25, 0.3) is 0 Å². The molecule has 0 fully saturated rings. The maximum absolute atomic E-state index is 11.4. The fraction of sp³-hybridized carbons (Fsp3) is 0.150. The number of thiophene rings is 1. The summed E-state index contributed by atoms with van der Waals surface area (Å²) in [7, 11) is -3.67. The molecule has 0 saturated carbocycles. The van der Waals surface area contributed by atoms with Gasteiger partial charge in [-0.3, -0.25) is 0 Å². The fourth-order valence-corrected chi connectivity index (χ4v) is 4.16. The average molecular weight is 415 g/mol. The molecule has 1 heterocycles. The first-order chi connectivity index (χ1) is 13.4. The van der Waals surface area contributed by atoms with E-state index in [4.69, 9.17) is 5.14 Å². The minimum Gasteiger partial charge on any atom is -0.351 e. The van der Waals surface area contributed by atoms with Crippen LogP contribution in [0.1, 0.15) is 16.0 Å². The van der Waals surface area contributed by atoms with Crippen molar-refractivity contribution in [1.29, 1.82) is 0 Å². The summed E-state index contributed by atoms with van der Waals surface area (Å²) in [5.41, 5.74) is 3.22. The number of primary sulfonamides is 1. The molecule has 3 aromatic rings. The molecule has 0 spiro atoms. The Morgan fingerprint density at radius 1 is 1.04 bits per heavy atom. The van der Waals surface area contributed by atoms with Gasteiger partial charge < -0.3 is 10.6 Å². The molecule has 146 valence electrons. The Kier molecular flexibility index (Phi) is 6.45. The monoisotopic (exact) mass is 414 g/mol. The molecule has 2 aromatic carbocycles. The zero-order chi connectivity index (χ0) is 20.0. The summed E-state index contributed by atoms with van der Waals surface area (Å²) in [5, 5.41) is 11.7. The molecule has 0 unspecified atom stereocenters. The molecule has 0 atom stereocenters. The van der Waals surface area contributed by atoms with Crippen molar-refractivity contribution in [2.45, 2.75) is 24.2 Å². The van der Waals surface area contributed by atoms with Gasteiger partial charge in [0.15, 0.2) is 5.96 Å². The molecule has 0 radical (unpaired) electrons. The molecule has 6 nitrogen and oxygen atoms in total. The molecule has 0 bridgehead atoms. The lowest BCUT2D eigenvalue weighted by Gasteiger charge is -2.12. The van der Waals surface area contributed by atoms with Gasteiger partial charge in [-0.15, -0.1) is 11.3 Å². The van der Waals surface area contributed by atoms with Crippen LogP contribution in [0.2, 0.25) is 0 Å². The van der Waals surface area contributed by atoms with Gasteiger partial charge in [0.2, 0.25) is 10.0 Å². The summed E-state index contributed by atoms with van der Waals surface area (Å²) in [6, 6.07) is 21.2. The number of hydrogen-bond donors (Lipinski definition) is 3. The normalized spacial score (nSPS) is 12.0. The molecule has 28 heavy (non-hydrogen) atoms. The van der Waals surface area contributed by atoms with Crippen LogP contribution in [0.15, 0.2) is 75.9 Å². The Hall–Kier alpha value is -2.68. The second kappa shape index (κ2) is 9.01. The number of nitrogens with two attached hydrogens (primary N) is 1. The highest BCUT2D eigenvalue weighted by molar-refractivity contribution is 7.91. The molecule has 0 saturated heterocycles. The smallest absolute Gasteiger partial charge is 0.247 e. The van der Waals surface area contributed by atoms with Crippen LogP contribution in [-0.4, -0.2) is 14.4 Å². The first-order valence-corrected chi connectivity index (χ1v) is 11.0. The van der Waals surface area contributed by atoms with Crippen molar-refractivity contribution in [2.75, 3.05) is 5.32 Å². The summed E-state index contributed by atoms with van der Waals surface area (Å²) in [6.45, 7) is 3.01. The van der Waals surface area contributed by atoms with E-state index in [1.807, 2.05) is 37.3 Å². The molecule has 0 aliphatic rings. The number of anilines is 1. The number of para-hydroxylation sites is 1. The fourth-order valence-electron chi connectivity index (χ4n) is 2.44. The van der Waals surface area contributed by atoms with Crippen molar-refractivity contribution >= 4 is 33.0 Å². The molecule has 0 aliphatic heterocycles. The van der Waals surface area contributed by atoms with Crippen molar-refractivity contribution < 1.29 is 8.42 Å². The van der Waals surface area contributed by atoms with Gasteiger partial charge in [-0.05, 0) is 36.8 Å². The lowest BCUT2D eigenvalue weighted by Crippen LogP contribution is -2.30. The molecule has 3 rings (SSSR count). The van der Waals surface area contributed by atoms with Crippen LogP contribution >= 0.6 is 11.3 Å². The van der Waals surface area contributed by atoms with E-state index in [-0.39, 0.29) is 4.21 Å². The number of aliphatic imine (C=N–C) groups is 1. The van der Waals surface area contributed by atoms with E-state index in [1.54, 1.807) is 6.07 Å². The van der Waals surface area contributed by atoms with Crippen LogP contribution in [0.3, 0.4) is 0 Å². The summed E-state index contributed by atoms with van der Waals surface area (Å²) >= 11 is 1.15. The van der Waals surface area contributed by atoms with E-state index in [9.17, 15) is 8.42 Å². The number of sulfonamides is 1. The average Bonchev–Trinajstić information content (AvgIpc) is 3.16. The summed E-state index contributed by atoms with van der Waals surface area (Å²) in [5.74, 6) is 0.609. The van der Waals surface area contributed by atoms with Crippen LogP contribution < -0.4 is 15.8 Å². The van der Waals surface area contributed by atoms with E-state index in [1.165, 1.54) is 11.6 Å². The molecule has 0 aliphatic carbocycles. The number of rotatable bonds is 6. The lowest BCUT2D eigenvalue weighted by atomic mass is 10.1. The molecule has 1 aromatic heterocycles.